The van der Waals surface area contributed by atoms with Crippen molar-refractivity contribution in [3.05, 3.63) is 55.5 Å². The van der Waals surface area contributed by atoms with E-state index in [0.29, 0.717) is 11.1 Å². The fraction of sp³-hybridized carbons (Fsp3) is 0. The van der Waals surface area contributed by atoms with Crippen LogP contribution >= 0.6 is 46.4 Å². The topological polar surface area (TPSA) is 37.3 Å². The average Bonchev–Trinajstić information content (AvgIpc) is 2.38. The summed E-state index contributed by atoms with van der Waals surface area (Å²) in [7, 11) is 0. The molecule has 0 unspecified atom stereocenters. The summed E-state index contributed by atoms with van der Waals surface area (Å²) < 4.78 is 0. The lowest BCUT2D eigenvalue weighted by molar-refractivity contribution is -0.110. The molecule has 1 aromatic rings. The zero-order valence-corrected chi connectivity index (χ0v) is 12.3. The largest absolute Gasteiger partial charge is 0.505 e. The Hall–Kier alpha value is -0.930. The molecule has 98 valence electrons. The molecule has 0 radical (unpaired) electrons. The molecule has 0 bridgehead atoms. The van der Waals surface area contributed by atoms with Crippen molar-refractivity contribution in [1.29, 1.82) is 0 Å². The zero-order chi connectivity index (χ0) is 14.2. The van der Waals surface area contributed by atoms with Crippen LogP contribution in [0.2, 0.25) is 15.1 Å². The summed E-state index contributed by atoms with van der Waals surface area (Å²) in [5.41, 5.74) is 1.19. The molecule has 0 aliphatic heterocycles. The molecular weight excluding hydrogens is 330 g/mol. The van der Waals surface area contributed by atoms with Gasteiger partial charge in [0.1, 0.15) is 5.02 Å². The van der Waals surface area contributed by atoms with E-state index in [2.05, 4.69) is 0 Å². The predicted molar refractivity (Wildman–Crippen MR) is 79.2 cm³/mol. The molecule has 0 saturated carbocycles. The third-order valence-electron chi connectivity index (χ3n) is 2.44. The van der Waals surface area contributed by atoms with E-state index in [9.17, 15) is 9.90 Å². The second-order valence-corrected chi connectivity index (χ2v) is 5.33. The molecular formula is C13H6Cl4O2. The van der Waals surface area contributed by atoms with Crippen LogP contribution in [0.25, 0.3) is 6.08 Å². The highest BCUT2D eigenvalue weighted by Gasteiger charge is 2.14. The third-order valence-corrected chi connectivity index (χ3v) is 3.90. The fourth-order valence-corrected chi connectivity index (χ4v) is 2.35. The normalized spacial score (nSPS) is 16.9. The van der Waals surface area contributed by atoms with Crippen molar-refractivity contribution in [3.63, 3.8) is 0 Å². The van der Waals surface area contributed by atoms with Crippen molar-refractivity contribution in [2.45, 2.75) is 0 Å². The van der Waals surface area contributed by atoms with Crippen LogP contribution in [-0.2, 0) is 4.79 Å². The van der Waals surface area contributed by atoms with Crippen LogP contribution in [0.15, 0.2) is 34.9 Å². The van der Waals surface area contributed by atoms with Crippen molar-refractivity contribution < 1.29 is 9.90 Å². The van der Waals surface area contributed by atoms with Crippen molar-refractivity contribution in [2.75, 3.05) is 0 Å². The van der Waals surface area contributed by atoms with E-state index in [-0.39, 0.29) is 31.6 Å². The lowest BCUT2D eigenvalue weighted by Crippen LogP contribution is -1.97. The molecule has 0 spiro atoms. The van der Waals surface area contributed by atoms with Gasteiger partial charge < -0.3 is 5.11 Å². The summed E-state index contributed by atoms with van der Waals surface area (Å²) in [5, 5.41) is 9.89. The maximum absolute atomic E-state index is 11.2. The lowest BCUT2D eigenvalue weighted by atomic mass is 10.1. The molecule has 0 saturated heterocycles. The summed E-state index contributed by atoms with van der Waals surface area (Å²) >= 11 is 23.4. The number of ketones is 1. The monoisotopic (exact) mass is 334 g/mol. The quantitative estimate of drug-likeness (QED) is 0.733. The van der Waals surface area contributed by atoms with Gasteiger partial charge in [-0.2, -0.15) is 0 Å². The smallest absolute Gasteiger partial charge is 0.197 e. The Balaban J connectivity index is 2.51. The maximum Gasteiger partial charge on any atom is 0.197 e. The van der Waals surface area contributed by atoms with Crippen LogP contribution in [0.4, 0.5) is 0 Å². The standard InChI is InChI=1S/C13H6Cl4O2/c14-8-4-6(1-2-10(8)18)3-7-5-9(15)13(19)12(17)11(7)16/h1-5,19H/b6-3+. The van der Waals surface area contributed by atoms with Crippen molar-refractivity contribution >= 4 is 58.3 Å². The third kappa shape index (κ3) is 2.98. The molecule has 1 aromatic carbocycles. The molecule has 0 heterocycles. The first-order valence-electron chi connectivity index (χ1n) is 5.08. The second-order valence-electron chi connectivity index (χ2n) is 3.76. The number of hydrogen-bond acceptors (Lipinski definition) is 2. The molecule has 0 fully saturated rings. The molecule has 6 heteroatoms. The SMILES string of the molecule is O=C1C=C/C(=C\c2cc(Cl)c(O)c(Cl)c2Cl)C=C1Cl. The first kappa shape index (κ1) is 14.5. The van der Waals surface area contributed by atoms with Gasteiger partial charge in [-0.3, -0.25) is 4.79 Å². The van der Waals surface area contributed by atoms with Gasteiger partial charge in [0.05, 0.1) is 15.1 Å². The molecule has 19 heavy (non-hydrogen) atoms. The van der Waals surface area contributed by atoms with Gasteiger partial charge >= 0.3 is 0 Å². The highest BCUT2D eigenvalue weighted by molar-refractivity contribution is 6.46. The van der Waals surface area contributed by atoms with Crippen LogP contribution < -0.4 is 0 Å². The molecule has 1 aliphatic carbocycles. The van der Waals surface area contributed by atoms with Gasteiger partial charge in [0.15, 0.2) is 11.5 Å². The number of benzene rings is 1. The van der Waals surface area contributed by atoms with Crippen molar-refractivity contribution in [2.24, 2.45) is 0 Å². The van der Waals surface area contributed by atoms with Crippen molar-refractivity contribution in [3.8, 4) is 5.75 Å². The van der Waals surface area contributed by atoms with Gasteiger partial charge in [-0.25, -0.2) is 0 Å². The van der Waals surface area contributed by atoms with E-state index in [1.807, 2.05) is 0 Å². The summed E-state index contributed by atoms with van der Waals surface area (Å²) in [6, 6.07) is 1.48. The van der Waals surface area contributed by atoms with E-state index >= 15 is 0 Å². The zero-order valence-electron chi connectivity index (χ0n) is 9.25. The first-order chi connectivity index (χ1) is 8.90. The van der Waals surface area contributed by atoms with Crippen LogP contribution in [0.1, 0.15) is 5.56 Å². The first-order valence-corrected chi connectivity index (χ1v) is 6.59. The number of halogens is 4. The Morgan fingerprint density at radius 1 is 1.05 bits per heavy atom. The molecule has 2 nitrogen and oxygen atoms in total. The molecule has 1 aliphatic rings. The van der Waals surface area contributed by atoms with Gasteiger partial charge in [0.2, 0.25) is 0 Å². The van der Waals surface area contributed by atoms with E-state index in [0.717, 1.165) is 0 Å². The van der Waals surface area contributed by atoms with E-state index in [1.165, 1.54) is 18.2 Å². The fourth-order valence-electron chi connectivity index (χ4n) is 1.50. The second kappa shape index (κ2) is 5.59. The highest BCUT2D eigenvalue weighted by atomic mass is 35.5. The number of aromatic hydroxyl groups is 1. The van der Waals surface area contributed by atoms with E-state index < -0.39 is 0 Å². The van der Waals surface area contributed by atoms with Gasteiger partial charge in [-0.05, 0) is 35.4 Å². The van der Waals surface area contributed by atoms with Crippen LogP contribution in [0, 0.1) is 0 Å². The van der Waals surface area contributed by atoms with E-state index in [4.69, 9.17) is 46.4 Å². The predicted octanol–water partition coefficient (Wildman–Crippen LogP) is 5.00. The summed E-state index contributed by atoms with van der Waals surface area (Å²) in [4.78, 5) is 11.2. The van der Waals surface area contributed by atoms with Gasteiger partial charge in [-0.15, -0.1) is 0 Å². The molecule has 0 amide bonds. The Morgan fingerprint density at radius 2 is 1.74 bits per heavy atom. The number of phenolic OH excluding ortho intramolecular Hbond substituents is 1. The molecule has 2 rings (SSSR count). The minimum atomic E-state index is -0.265. The maximum atomic E-state index is 11.2. The van der Waals surface area contributed by atoms with Gasteiger partial charge in [0, 0.05) is 0 Å². The van der Waals surface area contributed by atoms with Gasteiger partial charge in [-0.1, -0.05) is 52.5 Å². The Labute approximate surface area is 129 Å². The Bertz CT molecular complexity index is 657. The Morgan fingerprint density at radius 3 is 2.37 bits per heavy atom. The van der Waals surface area contributed by atoms with Crippen LogP contribution in [-0.4, -0.2) is 10.9 Å². The Kier molecular flexibility index (Phi) is 4.26. The lowest BCUT2D eigenvalue weighted by Gasteiger charge is -2.08. The summed E-state index contributed by atoms with van der Waals surface area (Å²) in [6.45, 7) is 0. The molecule has 0 aromatic heterocycles. The van der Waals surface area contributed by atoms with Crippen LogP contribution in [0.5, 0.6) is 5.75 Å². The molecule has 1 N–H and O–H groups in total. The average molecular weight is 336 g/mol. The highest BCUT2D eigenvalue weighted by Crippen LogP contribution is 2.40. The van der Waals surface area contributed by atoms with E-state index in [1.54, 1.807) is 12.2 Å². The number of rotatable bonds is 1. The number of phenols is 1. The number of carbonyl (C=O) groups is 1. The number of hydrogen-bond donors (Lipinski definition) is 1. The minimum absolute atomic E-state index is 0.0213. The van der Waals surface area contributed by atoms with Gasteiger partial charge in [0.25, 0.3) is 0 Å². The minimum Gasteiger partial charge on any atom is -0.505 e. The summed E-state index contributed by atoms with van der Waals surface area (Å²) in [6.07, 6.45) is 6.12. The summed E-state index contributed by atoms with van der Waals surface area (Å²) in [5.74, 6) is -0.523. The number of carbonyl (C=O) groups excluding carboxylic acids is 1. The number of allylic oxidation sites excluding steroid dienone is 5. The van der Waals surface area contributed by atoms with Crippen LogP contribution in [0.3, 0.4) is 0 Å². The molecule has 0 atom stereocenters. The van der Waals surface area contributed by atoms with Crippen molar-refractivity contribution in [1.82, 2.24) is 0 Å².